The summed E-state index contributed by atoms with van der Waals surface area (Å²) in [6.45, 7) is 17.6. The molecular weight excluding hydrogens is 220 g/mol. The Hall–Kier alpha value is -0.0800. The Morgan fingerprint density at radius 3 is 2.44 bits per heavy atom. The van der Waals surface area contributed by atoms with Crippen molar-refractivity contribution in [2.45, 2.75) is 72.9 Å². The van der Waals surface area contributed by atoms with Gasteiger partial charge in [0.05, 0.1) is 0 Å². The smallest absolute Gasteiger partial charge is 0.0274 e. The molecule has 1 saturated carbocycles. The molecule has 0 saturated heterocycles. The Balaban J connectivity index is 2.80. The maximum absolute atomic E-state index is 3.77. The van der Waals surface area contributed by atoms with Crippen molar-refractivity contribution in [2.75, 3.05) is 19.6 Å². The van der Waals surface area contributed by atoms with Crippen molar-refractivity contribution in [3.63, 3.8) is 0 Å². The van der Waals surface area contributed by atoms with E-state index in [2.05, 4.69) is 51.8 Å². The fourth-order valence-corrected chi connectivity index (χ4v) is 3.60. The first kappa shape index (κ1) is 16.0. The molecule has 1 N–H and O–H groups in total. The molecule has 0 spiro atoms. The van der Waals surface area contributed by atoms with Gasteiger partial charge in [-0.2, -0.15) is 0 Å². The predicted molar refractivity (Wildman–Crippen MR) is 81.0 cm³/mol. The molecule has 1 fully saturated rings. The fourth-order valence-electron chi connectivity index (χ4n) is 3.60. The average molecular weight is 254 g/mol. The molecule has 0 aliphatic heterocycles. The Bertz CT molecular complexity index is 235. The minimum Gasteiger partial charge on any atom is -0.312 e. The zero-order valence-corrected chi connectivity index (χ0v) is 13.4. The molecule has 0 amide bonds. The van der Waals surface area contributed by atoms with Crippen molar-refractivity contribution >= 4 is 0 Å². The summed E-state index contributed by atoms with van der Waals surface area (Å²) in [5.41, 5.74) is 0.434. The van der Waals surface area contributed by atoms with Crippen LogP contribution < -0.4 is 5.32 Å². The number of hydrogen-bond donors (Lipinski definition) is 1. The van der Waals surface area contributed by atoms with Gasteiger partial charge >= 0.3 is 0 Å². The van der Waals surface area contributed by atoms with Gasteiger partial charge in [-0.05, 0) is 37.3 Å². The highest BCUT2D eigenvalue weighted by atomic mass is 15.2. The van der Waals surface area contributed by atoms with E-state index in [1.54, 1.807) is 0 Å². The molecule has 2 unspecified atom stereocenters. The van der Waals surface area contributed by atoms with Crippen LogP contribution in [0.2, 0.25) is 0 Å². The van der Waals surface area contributed by atoms with E-state index in [9.17, 15) is 0 Å². The van der Waals surface area contributed by atoms with Crippen molar-refractivity contribution < 1.29 is 0 Å². The normalized spacial score (nSPS) is 28.0. The van der Waals surface area contributed by atoms with Crippen molar-refractivity contribution in [1.29, 1.82) is 0 Å². The molecule has 1 aliphatic rings. The van der Waals surface area contributed by atoms with Gasteiger partial charge in [0.2, 0.25) is 0 Å². The van der Waals surface area contributed by atoms with Crippen LogP contribution in [-0.2, 0) is 0 Å². The van der Waals surface area contributed by atoms with Crippen LogP contribution in [0.3, 0.4) is 0 Å². The molecule has 0 bridgehead atoms. The van der Waals surface area contributed by atoms with Gasteiger partial charge in [0, 0.05) is 18.6 Å². The van der Waals surface area contributed by atoms with E-state index < -0.39 is 0 Å². The lowest BCUT2D eigenvalue weighted by Crippen LogP contribution is -2.59. The molecular formula is C16H34N2. The Kier molecular flexibility index (Phi) is 6.13. The van der Waals surface area contributed by atoms with Crippen molar-refractivity contribution in [3.05, 3.63) is 0 Å². The second-order valence-corrected chi connectivity index (χ2v) is 6.96. The standard InChI is InChI=1S/C16H34N2/c1-7-17-15-14(10-9-11-16(15,5)6)18(8-2)12-13(3)4/h13-15,17H,7-12H2,1-6H3. The zero-order chi connectivity index (χ0) is 13.8. The Morgan fingerprint density at radius 1 is 1.28 bits per heavy atom. The Morgan fingerprint density at radius 2 is 1.94 bits per heavy atom. The van der Waals surface area contributed by atoms with Gasteiger partial charge in [-0.25, -0.2) is 0 Å². The lowest BCUT2D eigenvalue weighted by Gasteiger charge is -2.49. The van der Waals surface area contributed by atoms with Gasteiger partial charge in [-0.15, -0.1) is 0 Å². The lowest BCUT2D eigenvalue weighted by atomic mass is 9.70. The van der Waals surface area contributed by atoms with E-state index in [4.69, 9.17) is 0 Å². The number of nitrogens with zero attached hydrogens (tertiary/aromatic N) is 1. The molecule has 2 heteroatoms. The second-order valence-electron chi connectivity index (χ2n) is 6.96. The van der Waals surface area contributed by atoms with Crippen molar-refractivity contribution in [2.24, 2.45) is 11.3 Å². The van der Waals surface area contributed by atoms with E-state index in [-0.39, 0.29) is 0 Å². The Labute approximate surface area is 115 Å². The van der Waals surface area contributed by atoms with Crippen LogP contribution in [0.4, 0.5) is 0 Å². The average Bonchev–Trinajstić information content (AvgIpc) is 2.28. The molecule has 18 heavy (non-hydrogen) atoms. The third-order valence-corrected chi connectivity index (χ3v) is 4.45. The third kappa shape index (κ3) is 3.96. The van der Waals surface area contributed by atoms with Crippen molar-refractivity contribution in [3.8, 4) is 0 Å². The first-order valence-electron chi connectivity index (χ1n) is 7.89. The number of hydrogen-bond acceptors (Lipinski definition) is 2. The third-order valence-electron chi connectivity index (χ3n) is 4.45. The van der Waals surface area contributed by atoms with E-state index >= 15 is 0 Å². The summed E-state index contributed by atoms with van der Waals surface area (Å²) in [6, 6.07) is 1.37. The predicted octanol–water partition coefficient (Wildman–Crippen LogP) is 3.52. The van der Waals surface area contributed by atoms with Crippen LogP contribution in [0.15, 0.2) is 0 Å². The first-order valence-corrected chi connectivity index (χ1v) is 7.89. The SMILES string of the molecule is CCNC1C(N(CC)CC(C)C)CCCC1(C)C. The van der Waals surface area contributed by atoms with Crippen LogP contribution in [-0.4, -0.2) is 36.6 Å². The van der Waals surface area contributed by atoms with Gasteiger partial charge < -0.3 is 5.32 Å². The largest absolute Gasteiger partial charge is 0.312 e. The van der Waals surface area contributed by atoms with Gasteiger partial charge in [-0.1, -0.05) is 48.0 Å². The maximum Gasteiger partial charge on any atom is 0.0274 e. The molecule has 0 aromatic heterocycles. The van der Waals surface area contributed by atoms with Crippen LogP contribution >= 0.6 is 0 Å². The van der Waals surface area contributed by atoms with Crippen LogP contribution in [0.25, 0.3) is 0 Å². The fraction of sp³-hybridized carbons (Fsp3) is 1.00. The van der Waals surface area contributed by atoms with E-state index in [0.29, 0.717) is 11.5 Å². The molecule has 0 radical (unpaired) electrons. The van der Waals surface area contributed by atoms with E-state index in [1.165, 1.54) is 32.4 Å². The number of nitrogens with one attached hydrogen (secondary N) is 1. The maximum atomic E-state index is 3.77. The van der Waals surface area contributed by atoms with Gasteiger partial charge in [0.25, 0.3) is 0 Å². The van der Waals surface area contributed by atoms with Crippen LogP contribution in [0, 0.1) is 11.3 Å². The second kappa shape index (κ2) is 6.91. The summed E-state index contributed by atoms with van der Waals surface area (Å²) >= 11 is 0. The van der Waals surface area contributed by atoms with E-state index in [0.717, 1.165) is 18.5 Å². The van der Waals surface area contributed by atoms with Gasteiger partial charge in [0.1, 0.15) is 0 Å². The van der Waals surface area contributed by atoms with E-state index in [1.807, 2.05) is 0 Å². The quantitative estimate of drug-likeness (QED) is 0.780. The minimum absolute atomic E-state index is 0.434. The first-order chi connectivity index (χ1) is 8.42. The monoisotopic (exact) mass is 254 g/mol. The highest BCUT2D eigenvalue weighted by Crippen LogP contribution is 2.37. The molecule has 1 aliphatic carbocycles. The molecule has 2 atom stereocenters. The summed E-state index contributed by atoms with van der Waals surface area (Å²) < 4.78 is 0. The molecule has 1 rings (SSSR count). The number of likely N-dealkylation sites (N-methyl/N-ethyl adjacent to an activating group) is 2. The summed E-state index contributed by atoms with van der Waals surface area (Å²) in [7, 11) is 0. The number of rotatable bonds is 6. The summed E-state index contributed by atoms with van der Waals surface area (Å²) in [4.78, 5) is 2.71. The summed E-state index contributed by atoms with van der Waals surface area (Å²) in [5, 5.41) is 3.77. The summed E-state index contributed by atoms with van der Waals surface area (Å²) in [6.07, 6.45) is 4.11. The molecule has 2 nitrogen and oxygen atoms in total. The van der Waals surface area contributed by atoms with Crippen LogP contribution in [0.5, 0.6) is 0 Å². The highest BCUT2D eigenvalue weighted by molar-refractivity contribution is 4.98. The lowest BCUT2D eigenvalue weighted by molar-refractivity contribution is 0.0456. The topological polar surface area (TPSA) is 15.3 Å². The minimum atomic E-state index is 0.434. The highest BCUT2D eigenvalue weighted by Gasteiger charge is 2.40. The van der Waals surface area contributed by atoms with Crippen molar-refractivity contribution in [1.82, 2.24) is 10.2 Å². The van der Waals surface area contributed by atoms with Gasteiger partial charge in [0.15, 0.2) is 0 Å². The molecule has 0 aromatic rings. The van der Waals surface area contributed by atoms with Gasteiger partial charge in [-0.3, -0.25) is 4.90 Å². The molecule has 108 valence electrons. The molecule has 0 heterocycles. The summed E-state index contributed by atoms with van der Waals surface area (Å²) in [5.74, 6) is 0.761. The molecule has 0 aromatic carbocycles. The van der Waals surface area contributed by atoms with Crippen LogP contribution in [0.1, 0.15) is 60.8 Å². The zero-order valence-electron chi connectivity index (χ0n) is 13.4.